The van der Waals surface area contributed by atoms with E-state index >= 15 is 0 Å². The van der Waals surface area contributed by atoms with Crippen molar-refractivity contribution in [2.75, 3.05) is 0 Å². The molecule has 2 aromatic heterocycles. The first-order valence-corrected chi connectivity index (χ1v) is 13.7. The standard InChI is InChI=1S/C34H33N3S/c1-26-20-22-28(3)36(31-16-10-6-11-17-31)33-24-25-34(38-33)37(32-18-12-7-13-19-32)29(4)23-21-27(2)35(26)30-14-8-5-9-15-30/h5-25H,1-4H3. The summed E-state index contributed by atoms with van der Waals surface area (Å²) >= 11 is 1.79. The zero-order chi connectivity index (χ0) is 26.5. The second-order valence-electron chi connectivity index (χ2n) is 9.36. The zero-order valence-corrected chi connectivity index (χ0v) is 23.2. The molecule has 0 saturated carbocycles. The van der Waals surface area contributed by atoms with E-state index in [-0.39, 0.29) is 0 Å². The molecule has 0 radical (unpaired) electrons. The van der Waals surface area contributed by atoms with Crippen LogP contribution in [0.4, 0.5) is 0 Å². The number of fused-ring (bicyclic) bond motifs is 2. The second kappa shape index (κ2) is 11.4. The average Bonchev–Trinajstić information content (AvgIpc) is 3.41. The van der Waals surface area contributed by atoms with Crippen LogP contribution in [0.25, 0.3) is 26.7 Å². The summed E-state index contributed by atoms with van der Waals surface area (Å²) in [6.45, 7) is 8.70. The highest BCUT2D eigenvalue weighted by Gasteiger charge is 2.06. The van der Waals surface area contributed by atoms with Gasteiger partial charge >= 0.3 is 0 Å². The zero-order valence-electron chi connectivity index (χ0n) is 22.4. The normalized spacial score (nSPS) is 10.6. The highest BCUT2D eigenvalue weighted by Crippen LogP contribution is 2.26. The number of nitrogens with zero attached hydrogens (tertiary/aromatic N) is 3. The van der Waals surface area contributed by atoms with Gasteiger partial charge in [0.1, 0.15) is 9.66 Å². The van der Waals surface area contributed by atoms with E-state index in [4.69, 9.17) is 0 Å². The van der Waals surface area contributed by atoms with Gasteiger partial charge in [0.15, 0.2) is 0 Å². The summed E-state index contributed by atoms with van der Waals surface area (Å²) in [5, 5.41) is 0. The van der Waals surface area contributed by atoms with Crippen LogP contribution in [0, 0.1) is 27.7 Å². The first-order chi connectivity index (χ1) is 18.5. The predicted octanol–water partition coefficient (Wildman–Crippen LogP) is 9.32. The lowest BCUT2D eigenvalue weighted by molar-refractivity contribution is 0.934. The highest BCUT2D eigenvalue weighted by atomic mass is 32.1. The number of thiophene rings is 1. The lowest BCUT2D eigenvalue weighted by atomic mass is 10.2. The fraction of sp³-hybridized carbons (Fsp3) is 0.118. The number of hydrogen-bond donors (Lipinski definition) is 0. The van der Waals surface area contributed by atoms with Gasteiger partial charge in [-0.3, -0.25) is 0 Å². The quantitative estimate of drug-likeness (QED) is 0.227. The van der Waals surface area contributed by atoms with Gasteiger partial charge in [-0.25, -0.2) is 0 Å². The number of aromatic nitrogens is 3. The minimum atomic E-state index is 1.14. The van der Waals surface area contributed by atoms with Crippen LogP contribution in [-0.4, -0.2) is 13.7 Å². The Morgan fingerprint density at radius 3 is 0.974 bits per heavy atom. The molecule has 0 N–H and O–H groups in total. The van der Waals surface area contributed by atoms with E-state index in [9.17, 15) is 0 Å². The van der Waals surface area contributed by atoms with Crippen molar-refractivity contribution in [3.8, 4) is 17.1 Å². The summed E-state index contributed by atoms with van der Waals surface area (Å²) in [5.41, 5.74) is 8.01. The van der Waals surface area contributed by atoms with E-state index in [1.807, 2.05) is 0 Å². The van der Waals surface area contributed by atoms with Crippen LogP contribution in [0.2, 0.25) is 0 Å². The van der Waals surface area contributed by atoms with Crippen molar-refractivity contribution in [2.45, 2.75) is 27.7 Å². The predicted molar refractivity (Wildman–Crippen MR) is 163 cm³/mol. The van der Waals surface area contributed by atoms with Crippen molar-refractivity contribution in [1.82, 2.24) is 13.7 Å². The molecule has 190 valence electrons. The van der Waals surface area contributed by atoms with E-state index < -0.39 is 0 Å². The van der Waals surface area contributed by atoms with Gasteiger partial charge in [0, 0.05) is 39.8 Å². The van der Waals surface area contributed by atoms with Crippen LogP contribution in [0.5, 0.6) is 0 Å². The Kier molecular flexibility index (Phi) is 7.62. The van der Waals surface area contributed by atoms with E-state index in [2.05, 4.69) is 169 Å². The highest BCUT2D eigenvalue weighted by molar-refractivity contribution is 7.22. The summed E-state index contributed by atoms with van der Waals surface area (Å²) in [6.07, 6.45) is 0. The van der Waals surface area contributed by atoms with Gasteiger partial charge < -0.3 is 13.7 Å². The number of rotatable bonds is 3. The molecule has 0 aliphatic heterocycles. The Morgan fingerprint density at radius 2 is 0.632 bits per heavy atom. The Morgan fingerprint density at radius 1 is 0.342 bits per heavy atom. The third-order valence-electron chi connectivity index (χ3n) is 6.60. The maximum atomic E-state index is 2.33. The Hall–Kier alpha value is -4.28. The Bertz CT molecular complexity index is 1580. The third kappa shape index (κ3) is 5.36. The Balaban J connectivity index is 1.96. The van der Waals surface area contributed by atoms with Crippen molar-refractivity contribution >= 4 is 21.0 Å². The molecule has 0 atom stereocenters. The van der Waals surface area contributed by atoms with Crippen molar-refractivity contribution in [1.29, 1.82) is 0 Å². The van der Waals surface area contributed by atoms with Crippen LogP contribution in [0.15, 0.2) is 127 Å². The molecule has 0 aliphatic carbocycles. The average molecular weight is 516 g/mol. The van der Waals surface area contributed by atoms with Crippen molar-refractivity contribution in [2.24, 2.45) is 0 Å². The molecule has 0 saturated heterocycles. The van der Waals surface area contributed by atoms with E-state index in [0.717, 1.165) is 39.8 Å². The molecule has 0 amide bonds. The summed E-state index contributed by atoms with van der Waals surface area (Å²) < 4.78 is 6.98. The molecule has 0 aliphatic rings. The van der Waals surface area contributed by atoms with Crippen molar-refractivity contribution in [3.63, 3.8) is 0 Å². The molecule has 0 unspecified atom stereocenters. The SMILES string of the molecule is Cc1ccc(C)n(-c2ccccc2)c2ccc(s2)n(-c2ccccc2)c(C)ccc(C)n1-c1ccccc1. The van der Waals surface area contributed by atoms with Crippen LogP contribution in [0.1, 0.15) is 22.8 Å². The van der Waals surface area contributed by atoms with Gasteiger partial charge in [0.05, 0.1) is 0 Å². The number of para-hydroxylation sites is 3. The largest absolute Gasteiger partial charge is 0.319 e. The van der Waals surface area contributed by atoms with Crippen LogP contribution < -0.4 is 0 Å². The third-order valence-corrected chi connectivity index (χ3v) is 7.66. The van der Waals surface area contributed by atoms with Crippen LogP contribution in [0.3, 0.4) is 0 Å². The van der Waals surface area contributed by atoms with E-state index in [0.29, 0.717) is 0 Å². The minimum Gasteiger partial charge on any atom is -0.319 e. The molecule has 2 bridgehead atoms. The summed E-state index contributed by atoms with van der Waals surface area (Å²) in [5.74, 6) is 0. The van der Waals surface area contributed by atoms with Crippen LogP contribution in [-0.2, 0) is 0 Å². The molecule has 0 fully saturated rings. The van der Waals surface area contributed by atoms with Gasteiger partial charge in [0.25, 0.3) is 0 Å². The molecule has 38 heavy (non-hydrogen) atoms. The lowest BCUT2D eigenvalue weighted by Gasteiger charge is -2.14. The fourth-order valence-electron chi connectivity index (χ4n) is 4.76. The van der Waals surface area contributed by atoms with Gasteiger partial charge in [-0.05, 0) is 100 Å². The monoisotopic (exact) mass is 515 g/mol. The molecule has 5 rings (SSSR count). The van der Waals surface area contributed by atoms with E-state index in [1.54, 1.807) is 11.3 Å². The van der Waals surface area contributed by atoms with Gasteiger partial charge in [-0.2, -0.15) is 0 Å². The van der Waals surface area contributed by atoms with Crippen molar-refractivity contribution in [3.05, 3.63) is 150 Å². The molecule has 3 nitrogen and oxygen atoms in total. The molecule has 0 spiro atoms. The number of benzene rings is 3. The first kappa shape index (κ1) is 25.4. The Labute approximate surface area is 229 Å². The van der Waals surface area contributed by atoms with Gasteiger partial charge in [-0.1, -0.05) is 65.9 Å². The molecular formula is C34H33N3S. The van der Waals surface area contributed by atoms with E-state index in [1.165, 1.54) is 9.66 Å². The summed E-state index contributed by atoms with van der Waals surface area (Å²) in [7, 11) is 0. The van der Waals surface area contributed by atoms with Crippen LogP contribution >= 0.6 is 11.3 Å². The summed E-state index contributed by atoms with van der Waals surface area (Å²) in [4.78, 5) is 2.34. The number of hydrogen-bond acceptors (Lipinski definition) is 1. The lowest BCUT2D eigenvalue weighted by Crippen LogP contribution is -2.02. The smallest absolute Gasteiger partial charge is 0.102 e. The molecule has 5 aromatic rings. The summed E-state index contributed by atoms with van der Waals surface area (Å²) in [6, 6.07) is 45.0. The van der Waals surface area contributed by atoms with Gasteiger partial charge in [0.2, 0.25) is 0 Å². The second-order valence-corrected chi connectivity index (χ2v) is 10.4. The fourth-order valence-corrected chi connectivity index (χ4v) is 5.93. The maximum absolute atomic E-state index is 2.33. The molecule has 2 heterocycles. The van der Waals surface area contributed by atoms with Gasteiger partial charge in [-0.15, -0.1) is 0 Å². The topological polar surface area (TPSA) is 14.8 Å². The first-order valence-electron chi connectivity index (χ1n) is 12.9. The maximum Gasteiger partial charge on any atom is 0.102 e. The molecular weight excluding hydrogens is 482 g/mol. The number of aryl methyl sites for hydroxylation is 4. The molecule has 4 heteroatoms. The minimum absolute atomic E-state index is 1.14. The van der Waals surface area contributed by atoms with Crippen molar-refractivity contribution < 1.29 is 0 Å². The molecule has 3 aromatic carbocycles.